The Morgan fingerprint density at radius 1 is 1.39 bits per heavy atom. The van der Waals surface area contributed by atoms with E-state index in [1.54, 1.807) is 13.0 Å². The molecule has 1 saturated carbocycles. The quantitative estimate of drug-likeness (QED) is 0.607. The Morgan fingerprint density at radius 3 is 2.71 bits per heavy atom. The van der Waals surface area contributed by atoms with Crippen LogP contribution in [0.3, 0.4) is 0 Å². The molecular weight excluding hydrogens is 396 g/mol. The number of fused-ring (bicyclic) bond motifs is 1. The first-order valence-electron chi connectivity index (χ1n) is 9.75. The number of nitrogens with two attached hydrogens (primary N) is 2. The molecule has 2 amide bonds. The molecule has 2 aromatic rings. The number of nitrogens with zero attached hydrogens (tertiary/aromatic N) is 1. The van der Waals surface area contributed by atoms with Gasteiger partial charge in [-0.05, 0) is 30.7 Å². The molecule has 2 atom stereocenters. The minimum Gasteiger partial charge on any atom is -0.368 e. The molecule has 1 aromatic carbocycles. The summed E-state index contributed by atoms with van der Waals surface area (Å²) in [5.41, 5.74) is 11.7. The van der Waals surface area contributed by atoms with Gasteiger partial charge in [-0.3, -0.25) is 9.59 Å². The van der Waals surface area contributed by atoms with Gasteiger partial charge >= 0.3 is 0 Å². The van der Waals surface area contributed by atoms with Crippen molar-refractivity contribution in [2.24, 2.45) is 23.3 Å². The lowest BCUT2D eigenvalue weighted by Gasteiger charge is -2.41. The third-order valence-corrected chi connectivity index (χ3v) is 7.06. The molecular formula is C20H27ClN4O2S. The van der Waals surface area contributed by atoms with Crippen molar-refractivity contribution in [3.8, 4) is 0 Å². The molecule has 1 aliphatic rings. The van der Waals surface area contributed by atoms with E-state index in [2.05, 4.69) is 10.3 Å². The maximum atomic E-state index is 12.8. The molecule has 0 bridgehead atoms. The zero-order valence-corrected chi connectivity index (χ0v) is 17.6. The summed E-state index contributed by atoms with van der Waals surface area (Å²) in [5.74, 6) is -0.717. The average molecular weight is 423 g/mol. The lowest BCUT2D eigenvalue weighted by Crippen LogP contribution is -2.66. The summed E-state index contributed by atoms with van der Waals surface area (Å²) in [6.45, 7) is 2.04. The SMILES string of the molecule is CCC(=O)NC(Cc1nc2ccc(Cl)cc2s1)(C(N)=O)[C@H](CN)C1CCCC1. The second kappa shape index (κ2) is 8.76. The van der Waals surface area contributed by atoms with Crippen LogP contribution in [0.4, 0.5) is 0 Å². The van der Waals surface area contributed by atoms with Crippen molar-refractivity contribution >= 4 is 45.0 Å². The van der Waals surface area contributed by atoms with Gasteiger partial charge in [-0.15, -0.1) is 11.3 Å². The lowest BCUT2D eigenvalue weighted by atomic mass is 9.72. The lowest BCUT2D eigenvalue weighted by molar-refractivity contribution is -0.134. The summed E-state index contributed by atoms with van der Waals surface area (Å²) in [6, 6.07) is 5.49. The number of aromatic nitrogens is 1. The number of hydrogen-bond donors (Lipinski definition) is 3. The van der Waals surface area contributed by atoms with Gasteiger partial charge in [-0.1, -0.05) is 44.2 Å². The van der Waals surface area contributed by atoms with E-state index in [0.717, 1.165) is 40.9 Å². The number of rotatable bonds is 8. The number of hydrogen-bond acceptors (Lipinski definition) is 5. The van der Waals surface area contributed by atoms with E-state index in [1.165, 1.54) is 11.3 Å². The monoisotopic (exact) mass is 422 g/mol. The minimum absolute atomic E-state index is 0.209. The summed E-state index contributed by atoms with van der Waals surface area (Å²) in [7, 11) is 0. The fourth-order valence-corrected chi connectivity index (χ4v) is 5.69. The van der Waals surface area contributed by atoms with E-state index in [1.807, 2.05) is 12.1 Å². The van der Waals surface area contributed by atoms with Gasteiger partial charge in [-0.25, -0.2) is 4.98 Å². The first-order valence-corrected chi connectivity index (χ1v) is 10.9. The van der Waals surface area contributed by atoms with E-state index >= 15 is 0 Å². The molecule has 0 spiro atoms. The normalized spacial score (nSPS) is 18.1. The molecule has 0 saturated heterocycles. The Morgan fingerprint density at radius 2 is 2.11 bits per heavy atom. The van der Waals surface area contributed by atoms with Crippen molar-refractivity contribution in [3.05, 3.63) is 28.2 Å². The smallest absolute Gasteiger partial charge is 0.243 e. The van der Waals surface area contributed by atoms with Crippen LogP contribution in [0.1, 0.15) is 44.0 Å². The molecule has 0 aliphatic heterocycles. The van der Waals surface area contributed by atoms with E-state index in [4.69, 9.17) is 23.1 Å². The van der Waals surface area contributed by atoms with Crippen LogP contribution in [0.5, 0.6) is 0 Å². The maximum Gasteiger partial charge on any atom is 0.243 e. The highest BCUT2D eigenvalue weighted by atomic mass is 35.5. The zero-order valence-electron chi connectivity index (χ0n) is 16.0. The summed E-state index contributed by atoms with van der Waals surface area (Å²) < 4.78 is 0.938. The minimum atomic E-state index is -1.24. The fraction of sp³-hybridized carbons (Fsp3) is 0.550. The standard InChI is InChI=1S/C20H27ClN4O2S/c1-2-17(26)25-20(19(23)27,14(11-22)12-5-3-4-6-12)10-18-24-15-8-7-13(21)9-16(15)28-18/h7-9,12,14H,2-6,10-11,22H2,1H3,(H2,23,27)(H,25,26)/t14-,20?/m1/s1. The molecule has 0 radical (unpaired) electrons. The van der Waals surface area contributed by atoms with Crippen molar-refractivity contribution in [2.45, 2.75) is 51.0 Å². The maximum absolute atomic E-state index is 12.8. The Labute approximate surface area is 174 Å². The van der Waals surface area contributed by atoms with Crippen LogP contribution in [0.15, 0.2) is 18.2 Å². The summed E-state index contributed by atoms with van der Waals surface area (Å²) in [4.78, 5) is 29.8. The van der Waals surface area contributed by atoms with Crippen molar-refractivity contribution < 1.29 is 9.59 Å². The van der Waals surface area contributed by atoms with Crippen molar-refractivity contribution in [1.29, 1.82) is 0 Å². The molecule has 1 heterocycles. The van der Waals surface area contributed by atoms with Crippen LogP contribution in [0.25, 0.3) is 10.2 Å². The Hall–Kier alpha value is -1.70. The Bertz CT molecular complexity index is 865. The summed E-state index contributed by atoms with van der Waals surface area (Å²) in [6.07, 6.45) is 4.72. The highest BCUT2D eigenvalue weighted by Gasteiger charge is 2.49. The highest BCUT2D eigenvalue weighted by molar-refractivity contribution is 7.18. The van der Waals surface area contributed by atoms with E-state index in [-0.39, 0.29) is 37.1 Å². The van der Waals surface area contributed by atoms with E-state index < -0.39 is 11.4 Å². The van der Waals surface area contributed by atoms with Gasteiger partial charge in [0.2, 0.25) is 11.8 Å². The molecule has 1 unspecified atom stereocenters. The summed E-state index contributed by atoms with van der Waals surface area (Å²) in [5, 5.41) is 4.33. The molecule has 28 heavy (non-hydrogen) atoms. The predicted molar refractivity (Wildman–Crippen MR) is 113 cm³/mol. The Balaban J connectivity index is 2.04. The van der Waals surface area contributed by atoms with Gasteiger partial charge in [0, 0.05) is 23.8 Å². The molecule has 152 valence electrons. The largest absolute Gasteiger partial charge is 0.368 e. The van der Waals surface area contributed by atoms with Gasteiger partial charge in [0.1, 0.15) is 5.54 Å². The Kier molecular flexibility index (Phi) is 6.58. The van der Waals surface area contributed by atoms with Crippen LogP contribution in [-0.2, 0) is 16.0 Å². The topological polar surface area (TPSA) is 111 Å². The number of halogens is 1. The van der Waals surface area contributed by atoms with Gasteiger partial charge < -0.3 is 16.8 Å². The van der Waals surface area contributed by atoms with Crippen LogP contribution in [-0.4, -0.2) is 28.9 Å². The average Bonchev–Trinajstić information content (AvgIpc) is 3.31. The third-order valence-electron chi connectivity index (χ3n) is 5.80. The molecule has 5 N–H and O–H groups in total. The van der Waals surface area contributed by atoms with Crippen molar-refractivity contribution in [3.63, 3.8) is 0 Å². The number of carbonyl (C=O) groups excluding carboxylic acids is 2. The first kappa shape index (κ1) is 21.0. The van der Waals surface area contributed by atoms with Gasteiger partial charge in [-0.2, -0.15) is 0 Å². The van der Waals surface area contributed by atoms with Crippen LogP contribution in [0, 0.1) is 11.8 Å². The number of benzene rings is 1. The number of nitrogens with one attached hydrogen (secondary N) is 1. The zero-order chi connectivity index (χ0) is 20.3. The first-order chi connectivity index (χ1) is 13.4. The number of carbonyl (C=O) groups is 2. The van der Waals surface area contributed by atoms with Crippen molar-refractivity contribution in [2.75, 3.05) is 6.54 Å². The molecule has 1 aromatic heterocycles. The third kappa shape index (κ3) is 4.16. The number of primary amides is 1. The summed E-state index contributed by atoms with van der Waals surface area (Å²) >= 11 is 7.55. The van der Waals surface area contributed by atoms with E-state index in [9.17, 15) is 9.59 Å². The van der Waals surface area contributed by atoms with E-state index in [0.29, 0.717) is 5.02 Å². The van der Waals surface area contributed by atoms with Gasteiger partial charge in [0.25, 0.3) is 0 Å². The van der Waals surface area contributed by atoms with Gasteiger partial charge in [0.05, 0.1) is 15.2 Å². The molecule has 1 fully saturated rings. The number of amides is 2. The van der Waals surface area contributed by atoms with Gasteiger partial charge in [0.15, 0.2) is 0 Å². The molecule has 1 aliphatic carbocycles. The second-order valence-corrected chi connectivity index (χ2v) is 9.07. The highest BCUT2D eigenvalue weighted by Crippen LogP contribution is 2.39. The molecule has 6 nitrogen and oxygen atoms in total. The fourth-order valence-electron chi connectivity index (χ4n) is 4.35. The number of thiazole rings is 1. The van der Waals surface area contributed by atoms with Crippen LogP contribution >= 0.6 is 22.9 Å². The second-order valence-electron chi connectivity index (χ2n) is 7.52. The molecule has 8 heteroatoms. The molecule has 3 rings (SSSR count). The van der Waals surface area contributed by atoms with Crippen molar-refractivity contribution in [1.82, 2.24) is 10.3 Å². The van der Waals surface area contributed by atoms with Crippen LogP contribution < -0.4 is 16.8 Å². The van der Waals surface area contributed by atoms with Crippen LogP contribution in [0.2, 0.25) is 5.02 Å². The predicted octanol–water partition coefficient (Wildman–Crippen LogP) is 3.01.